The molecular formula is C14H16ClF3O4S. The van der Waals surface area contributed by atoms with Crippen LogP contribution in [0.15, 0.2) is 34.1 Å². The minimum Gasteiger partial charge on any atom is -0.182 e. The molecule has 0 aliphatic carbocycles. The molecule has 0 N–H and O–H groups in total. The Labute approximate surface area is 135 Å². The van der Waals surface area contributed by atoms with Crippen LogP contribution in [0.4, 0.5) is 13.2 Å². The number of hydrogen-bond acceptors (Lipinski definition) is 4. The molecule has 0 spiro atoms. The Hall–Kier alpha value is -0.770. The quantitative estimate of drug-likeness (QED) is 0.717. The molecule has 0 bridgehead atoms. The third-order valence-electron chi connectivity index (χ3n) is 3.44. The number of benzene rings is 1. The van der Waals surface area contributed by atoms with E-state index in [0.29, 0.717) is 12.8 Å². The van der Waals surface area contributed by atoms with Gasteiger partial charge in [0.1, 0.15) is 3.74 Å². The number of fused-ring (bicyclic) bond motifs is 1. The Morgan fingerprint density at radius 1 is 1.13 bits per heavy atom. The molecule has 23 heavy (non-hydrogen) atoms. The fourth-order valence-corrected chi connectivity index (χ4v) is 6.61. The lowest BCUT2D eigenvalue weighted by atomic mass is 10.1. The molecular weight excluding hydrogens is 357 g/mol. The number of alkyl halides is 3. The van der Waals surface area contributed by atoms with Crippen molar-refractivity contribution < 1.29 is 41.1 Å². The van der Waals surface area contributed by atoms with Gasteiger partial charge in [0.2, 0.25) is 0 Å². The highest BCUT2D eigenvalue weighted by molar-refractivity contribution is 8.34. The minimum atomic E-state index is -5.23. The zero-order valence-electron chi connectivity index (χ0n) is 12.3. The van der Waals surface area contributed by atoms with Crippen molar-refractivity contribution in [3.05, 3.63) is 34.7 Å². The summed E-state index contributed by atoms with van der Waals surface area (Å²) in [4.78, 5) is -0.461. The molecule has 0 saturated carbocycles. The first kappa shape index (κ1) is 18.6. The summed E-state index contributed by atoms with van der Waals surface area (Å²) in [6.45, 7) is 1.90. The predicted molar refractivity (Wildman–Crippen MR) is 71.6 cm³/mol. The Balaban J connectivity index is 2.55. The van der Waals surface area contributed by atoms with Gasteiger partial charge in [0.25, 0.3) is 0 Å². The summed E-state index contributed by atoms with van der Waals surface area (Å²) in [6, 6.07) is 5.54. The molecule has 1 aliphatic rings. The molecule has 0 radical (unpaired) electrons. The zero-order chi connectivity index (χ0) is 17.3. The van der Waals surface area contributed by atoms with Gasteiger partial charge >= 0.3 is 5.51 Å². The normalized spacial score (nSPS) is 24.0. The Morgan fingerprint density at radius 3 is 2.35 bits per heavy atom. The van der Waals surface area contributed by atoms with Gasteiger partial charge in [-0.25, -0.2) is 0 Å². The molecule has 9 heteroatoms. The molecule has 1 unspecified atom stereocenters. The first-order valence-corrected chi connectivity index (χ1v) is 9.72. The van der Waals surface area contributed by atoms with Crippen molar-refractivity contribution in [2.24, 2.45) is 0 Å². The summed E-state index contributed by atoms with van der Waals surface area (Å²) in [5.74, 6) is 0. The van der Waals surface area contributed by atoms with Gasteiger partial charge in [0.05, 0.1) is 10.2 Å². The fourth-order valence-electron chi connectivity index (χ4n) is 2.52. The van der Waals surface area contributed by atoms with Gasteiger partial charge in [-0.1, -0.05) is 38.0 Å². The summed E-state index contributed by atoms with van der Waals surface area (Å²) < 4.78 is 78.8. The maximum Gasteiger partial charge on any atom is 0.468 e. The number of hydrogen-bond donors (Lipinski definition) is 0. The lowest BCUT2D eigenvalue weighted by Crippen LogP contribution is -2.61. The second-order valence-electron chi connectivity index (χ2n) is 5.05. The van der Waals surface area contributed by atoms with Crippen LogP contribution < -0.4 is 14.0 Å². The average molecular weight is 373 g/mol. The standard InChI is InChI=1S/C14H16ClF3O4S/c1-2-3-4-8-12-10-11-7-5-6-9-13(11)23(12,14(16,17)18)22-15(19,20)21/h5-7,9-10H,2-4,8H2,1H3. The van der Waals surface area contributed by atoms with E-state index in [1.807, 2.05) is 6.92 Å². The van der Waals surface area contributed by atoms with Crippen molar-refractivity contribution in [3.63, 3.8) is 0 Å². The minimum absolute atomic E-state index is 0.0302. The Morgan fingerprint density at radius 2 is 1.78 bits per heavy atom. The van der Waals surface area contributed by atoms with E-state index in [1.54, 1.807) is 6.07 Å². The van der Waals surface area contributed by atoms with Crippen LogP contribution in [0.2, 0.25) is 0 Å². The third kappa shape index (κ3) is 3.67. The largest absolute Gasteiger partial charge is 0.468 e. The van der Waals surface area contributed by atoms with Gasteiger partial charge in [0.15, 0.2) is 10.3 Å². The highest BCUT2D eigenvalue weighted by Gasteiger charge is 2.67. The van der Waals surface area contributed by atoms with Crippen LogP contribution in [-0.2, 0) is 3.74 Å². The molecule has 4 nitrogen and oxygen atoms in total. The number of rotatable bonds is 6. The molecule has 2 rings (SSSR count). The van der Waals surface area contributed by atoms with Crippen LogP contribution in [0.25, 0.3) is 6.08 Å². The van der Waals surface area contributed by atoms with Gasteiger partial charge in [-0.15, -0.1) is 0 Å². The van der Waals surface area contributed by atoms with Crippen LogP contribution in [0.3, 0.4) is 0 Å². The van der Waals surface area contributed by atoms with E-state index in [-0.39, 0.29) is 21.8 Å². The van der Waals surface area contributed by atoms with E-state index >= 15 is 0 Å². The topological polar surface area (TPSA) is 78.4 Å². The molecule has 0 saturated heterocycles. The molecule has 1 aromatic carbocycles. The summed E-state index contributed by atoms with van der Waals surface area (Å²) in [6.07, 6.45) is 3.29. The Kier molecular flexibility index (Phi) is 5.34. The molecule has 130 valence electrons. The van der Waals surface area contributed by atoms with E-state index in [2.05, 4.69) is 3.74 Å². The highest BCUT2D eigenvalue weighted by Crippen LogP contribution is 2.78. The van der Waals surface area contributed by atoms with Crippen LogP contribution in [-0.4, -0.2) is 5.51 Å². The summed E-state index contributed by atoms with van der Waals surface area (Å²) >= 11 is 0. The second-order valence-corrected chi connectivity index (χ2v) is 8.85. The van der Waals surface area contributed by atoms with Gasteiger partial charge in [-0.2, -0.15) is 27.1 Å². The van der Waals surface area contributed by atoms with E-state index in [9.17, 15) is 27.1 Å². The van der Waals surface area contributed by atoms with Crippen molar-refractivity contribution in [3.8, 4) is 0 Å². The second kappa shape index (κ2) is 6.62. The molecule has 1 aliphatic heterocycles. The van der Waals surface area contributed by atoms with Crippen molar-refractivity contribution in [1.29, 1.82) is 0 Å². The summed E-state index contributed by atoms with van der Waals surface area (Å²) in [5, 5.41) is 0. The smallest absolute Gasteiger partial charge is 0.182 e. The summed E-state index contributed by atoms with van der Waals surface area (Å²) in [5.41, 5.74) is -4.76. The molecule has 1 atom stereocenters. The number of halogens is 4. The van der Waals surface area contributed by atoms with Gasteiger partial charge in [0, 0.05) is 9.80 Å². The number of unbranched alkanes of at least 4 members (excludes halogenated alkanes) is 2. The molecule has 1 aromatic rings. The predicted octanol–water partition coefficient (Wildman–Crippen LogP) is 2.13. The van der Waals surface area contributed by atoms with E-state index < -0.39 is 26.1 Å². The zero-order valence-corrected chi connectivity index (χ0v) is 13.8. The van der Waals surface area contributed by atoms with Crippen molar-refractivity contribution >= 4 is 16.4 Å². The van der Waals surface area contributed by atoms with Crippen LogP contribution in [0.1, 0.15) is 38.2 Å². The molecule has 0 amide bonds. The molecule has 1 heterocycles. The Bertz CT molecular complexity index is 600. The maximum atomic E-state index is 13.8. The van der Waals surface area contributed by atoms with Crippen molar-refractivity contribution in [2.45, 2.75) is 43.0 Å². The van der Waals surface area contributed by atoms with E-state index in [4.69, 9.17) is 0 Å². The average Bonchev–Trinajstić information content (AvgIpc) is 2.72. The molecule has 0 aromatic heterocycles. The van der Waals surface area contributed by atoms with Gasteiger partial charge in [-0.05, 0) is 30.5 Å². The van der Waals surface area contributed by atoms with Gasteiger partial charge < -0.3 is 0 Å². The van der Waals surface area contributed by atoms with Crippen LogP contribution >= 0.6 is 10.3 Å². The third-order valence-corrected chi connectivity index (χ3v) is 7.52. The van der Waals surface area contributed by atoms with Crippen molar-refractivity contribution in [1.82, 2.24) is 0 Å². The summed E-state index contributed by atoms with van der Waals surface area (Å²) in [7, 11) is -9.59. The number of allylic oxidation sites excluding steroid dienone is 1. The van der Waals surface area contributed by atoms with Crippen LogP contribution in [0.5, 0.6) is 0 Å². The first-order valence-electron chi connectivity index (χ1n) is 6.93. The monoisotopic (exact) mass is 372 g/mol. The fraction of sp³-hybridized carbons (Fsp3) is 0.429. The SMILES string of the molecule is CCCCCC1=Cc2ccccc2S1(O[Cl+3]([O-])([O-])[O-])C(F)(F)F. The van der Waals surface area contributed by atoms with E-state index in [1.165, 1.54) is 24.3 Å². The van der Waals surface area contributed by atoms with Gasteiger partial charge in [-0.3, -0.25) is 0 Å². The first-order chi connectivity index (χ1) is 10.6. The van der Waals surface area contributed by atoms with Crippen molar-refractivity contribution in [2.75, 3.05) is 0 Å². The highest BCUT2D eigenvalue weighted by atomic mass is 35.7. The van der Waals surface area contributed by atoms with Crippen LogP contribution in [0, 0.1) is 10.2 Å². The van der Waals surface area contributed by atoms with E-state index in [0.717, 1.165) is 6.42 Å². The lowest BCUT2D eigenvalue weighted by Gasteiger charge is -2.34. The maximum absolute atomic E-state index is 13.8. The lowest BCUT2D eigenvalue weighted by molar-refractivity contribution is -1.91. The molecule has 0 fully saturated rings.